The first-order valence-electron chi connectivity index (χ1n) is 18.8. The van der Waals surface area contributed by atoms with Crippen LogP contribution in [0.2, 0.25) is 0 Å². The number of fused-ring (bicyclic) bond motifs is 4. The van der Waals surface area contributed by atoms with E-state index < -0.39 is 47.3 Å². The first-order valence-corrected chi connectivity index (χ1v) is 18.8. The molecule has 2 aromatic carbocycles. The van der Waals surface area contributed by atoms with Crippen LogP contribution in [-0.2, 0) is 41.8 Å². The summed E-state index contributed by atoms with van der Waals surface area (Å²) in [4.78, 5) is 58.6. The fourth-order valence-electron chi connectivity index (χ4n) is 6.88. The second-order valence-corrected chi connectivity index (χ2v) is 13.6. The van der Waals surface area contributed by atoms with Gasteiger partial charge < -0.3 is 33.0 Å². The highest BCUT2D eigenvalue weighted by molar-refractivity contribution is 6.23. The Hall–Kier alpha value is -5.95. The van der Waals surface area contributed by atoms with Crippen LogP contribution in [0.15, 0.2) is 67.1 Å². The SMILES string of the molecule is Cn1c2ccncc2c2ccc(-c3cnc(OCCOCCOCCOCCOCCOc4ccc5c(c4)C(=O)N(C4CCC(=O)NC4=O)C5=O)c(C(F)(F)F)c3)cc21. The third-order valence-electron chi connectivity index (χ3n) is 9.79. The van der Waals surface area contributed by atoms with E-state index >= 15 is 0 Å². The molecule has 0 spiro atoms. The number of carbonyl (C=O) groups excluding carboxylic acids is 4. The van der Waals surface area contributed by atoms with Crippen molar-refractivity contribution in [2.45, 2.75) is 25.1 Å². The van der Waals surface area contributed by atoms with Crippen LogP contribution in [0.5, 0.6) is 11.6 Å². The number of benzene rings is 2. The molecule has 1 atom stereocenters. The van der Waals surface area contributed by atoms with Gasteiger partial charge in [-0.15, -0.1) is 0 Å². The summed E-state index contributed by atoms with van der Waals surface area (Å²) in [6.45, 7) is 1.91. The Balaban J connectivity index is 0.736. The molecule has 0 bridgehead atoms. The second kappa shape index (κ2) is 18.3. The zero-order valence-corrected chi connectivity index (χ0v) is 31.9. The third-order valence-corrected chi connectivity index (χ3v) is 9.79. The first kappa shape index (κ1) is 41.2. The summed E-state index contributed by atoms with van der Waals surface area (Å²) < 4.78 is 77.0. The van der Waals surface area contributed by atoms with Crippen molar-refractivity contribution in [2.24, 2.45) is 7.05 Å². The van der Waals surface area contributed by atoms with E-state index in [1.807, 2.05) is 29.8 Å². The molecule has 0 radical (unpaired) electrons. The van der Waals surface area contributed by atoms with Crippen molar-refractivity contribution in [1.82, 2.24) is 24.8 Å². The van der Waals surface area contributed by atoms with Crippen molar-refractivity contribution in [3.05, 3.63) is 83.8 Å². The molecule has 5 aromatic rings. The van der Waals surface area contributed by atoms with E-state index in [2.05, 4.69) is 15.3 Å². The molecule has 0 aliphatic carbocycles. The van der Waals surface area contributed by atoms with Gasteiger partial charge in [0.25, 0.3) is 11.8 Å². The minimum atomic E-state index is -4.68. The van der Waals surface area contributed by atoms with Gasteiger partial charge in [0.2, 0.25) is 17.7 Å². The van der Waals surface area contributed by atoms with Gasteiger partial charge in [0.15, 0.2) is 0 Å². The lowest BCUT2D eigenvalue weighted by molar-refractivity contribution is -0.139. The van der Waals surface area contributed by atoms with E-state index in [1.165, 1.54) is 18.3 Å². The van der Waals surface area contributed by atoms with Crippen molar-refractivity contribution in [1.29, 1.82) is 0 Å². The van der Waals surface area contributed by atoms with Gasteiger partial charge in [-0.2, -0.15) is 13.2 Å². The van der Waals surface area contributed by atoms with Crippen LogP contribution in [0.25, 0.3) is 32.9 Å². The minimum Gasteiger partial charge on any atom is -0.491 e. The van der Waals surface area contributed by atoms with Crippen molar-refractivity contribution in [2.75, 3.05) is 66.1 Å². The van der Waals surface area contributed by atoms with Crippen molar-refractivity contribution >= 4 is 45.4 Å². The molecule has 1 fully saturated rings. The Morgan fingerprint density at radius 3 is 2.05 bits per heavy atom. The Morgan fingerprint density at radius 2 is 1.37 bits per heavy atom. The average molecular weight is 820 g/mol. The van der Waals surface area contributed by atoms with Gasteiger partial charge >= 0.3 is 6.18 Å². The standard InChI is InChI=1S/C41H40F3N5O10/c1-48-33-8-9-45-24-31(33)28-4-2-25(21-35(28)48)26-20-32(41(42,43)44)38(46-23-26)59-19-17-57-15-13-55-11-10-54-12-14-56-16-18-58-27-3-5-29-30(22-27)40(53)49(39(29)52)34-6-7-36(50)47-37(34)51/h2-5,8-9,20-24,34H,6-7,10-19H2,1H3,(H,47,50,51). The van der Waals surface area contributed by atoms with Crippen LogP contribution in [0.3, 0.4) is 0 Å². The van der Waals surface area contributed by atoms with E-state index in [0.29, 0.717) is 36.7 Å². The van der Waals surface area contributed by atoms with E-state index in [4.69, 9.17) is 28.4 Å². The summed E-state index contributed by atoms with van der Waals surface area (Å²) in [6.07, 6.45) is 0.252. The number of amides is 4. The molecule has 5 heterocycles. The largest absolute Gasteiger partial charge is 0.491 e. The number of carbonyl (C=O) groups is 4. The fourth-order valence-corrected chi connectivity index (χ4v) is 6.88. The maximum absolute atomic E-state index is 14.0. The van der Waals surface area contributed by atoms with Gasteiger partial charge in [-0.3, -0.25) is 34.4 Å². The summed E-state index contributed by atoms with van der Waals surface area (Å²) in [5, 5.41) is 4.07. The normalized spacial score (nSPS) is 15.7. The summed E-state index contributed by atoms with van der Waals surface area (Å²) in [5.74, 6) is -2.50. The predicted octanol–water partition coefficient (Wildman–Crippen LogP) is 4.73. The van der Waals surface area contributed by atoms with Crippen LogP contribution in [0, 0.1) is 0 Å². The van der Waals surface area contributed by atoms with Crippen LogP contribution >= 0.6 is 0 Å². The highest BCUT2D eigenvalue weighted by atomic mass is 19.4. The Bertz CT molecular complexity index is 2370. The van der Waals surface area contributed by atoms with E-state index in [9.17, 15) is 32.3 Å². The molecule has 2 aliphatic rings. The maximum atomic E-state index is 14.0. The van der Waals surface area contributed by atoms with Crippen molar-refractivity contribution < 1.29 is 60.8 Å². The number of alkyl halides is 3. The fraction of sp³-hybridized carbons (Fsp3) is 0.366. The number of imide groups is 2. The molecule has 1 N–H and O–H groups in total. The van der Waals surface area contributed by atoms with Gasteiger partial charge in [-0.25, -0.2) is 4.98 Å². The highest BCUT2D eigenvalue weighted by Gasteiger charge is 2.44. The quantitative estimate of drug-likeness (QED) is 0.0900. The van der Waals surface area contributed by atoms with Crippen LogP contribution in [-0.4, -0.2) is 115 Å². The van der Waals surface area contributed by atoms with Crippen LogP contribution in [0.1, 0.15) is 39.1 Å². The lowest BCUT2D eigenvalue weighted by atomic mass is 10.0. The monoisotopic (exact) mass is 819 g/mol. The molecule has 2 aliphatic heterocycles. The number of nitrogens with one attached hydrogen (secondary N) is 1. The van der Waals surface area contributed by atoms with Gasteiger partial charge in [0, 0.05) is 53.9 Å². The molecule has 18 heteroatoms. The smallest absolute Gasteiger partial charge is 0.421 e. The molecular formula is C41H40F3N5O10. The number of pyridine rings is 2. The minimum absolute atomic E-state index is 0.0294. The number of halogens is 3. The number of rotatable bonds is 19. The second-order valence-electron chi connectivity index (χ2n) is 13.6. The number of ether oxygens (including phenoxy) is 6. The zero-order chi connectivity index (χ0) is 41.5. The third kappa shape index (κ3) is 9.36. The number of nitrogens with zero attached hydrogens (tertiary/aromatic N) is 4. The van der Waals surface area contributed by atoms with Gasteiger partial charge in [-0.05, 0) is 48.4 Å². The van der Waals surface area contributed by atoms with E-state index in [-0.39, 0.29) is 70.2 Å². The molecule has 15 nitrogen and oxygen atoms in total. The van der Waals surface area contributed by atoms with Gasteiger partial charge in [0.05, 0.1) is 69.5 Å². The summed E-state index contributed by atoms with van der Waals surface area (Å²) in [6, 6.07) is 11.8. The number of hydrogen-bond donors (Lipinski definition) is 1. The average Bonchev–Trinajstić information content (AvgIpc) is 3.65. The molecule has 1 saturated heterocycles. The molecule has 3 aromatic heterocycles. The Labute approximate surface area is 335 Å². The Morgan fingerprint density at radius 1 is 0.712 bits per heavy atom. The Kier molecular flexibility index (Phi) is 12.8. The summed E-state index contributed by atoms with van der Waals surface area (Å²) in [5.41, 5.74) is 2.03. The van der Waals surface area contributed by atoms with Crippen molar-refractivity contribution in [3.8, 4) is 22.8 Å². The van der Waals surface area contributed by atoms with E-state index in [1.54, 1.807) is 24.5 Å². The van der Waals surface area contributed by atoms with Crippen LogP contribution < -0.4 is 14.8 Å². The number of hydrogen-bond acceptors (Lipinski definition) is 12. The summed E-state index contributed by atoms with van der Waals surface area (Å²) >= 11 is 0. The molecule has 7 rings (SSSR count). The predicted molar refractivity (Wildman–Crippen MR) is 204 cm³/mol. The molecule has 59 heavy (non-hydrogen) atoms. The number of aryl methyl sites for hydroxylation is 1. The van der Waals surface area contributed by atoms with Crippen LogP contribution in [0.4, 0.5) is 13.2 Å². The lowest BCUT2D eigenvalue weighted by Gasteiger charge is -2.27. The van der Waals surface area contributed by atoms with Gasteiger partial charge in [0.1, 0.15) is 30.6 Å². The molecule has 4 amide bonds. The summed E-state index contributed by atoms with van der Waals surface area (Å²) in [7, 11) is 1.90. The number of piperidine rings is 1. The molecule has 310 valence electrons. The maximum Gasteiger partial charge on any atom is 0.421 e. The highest BCUT2D eigenvalue weighted by Crippen LogP contribution is 2.39. The van der Waals surface area contributed by atoms with E-state index in [0.717, 1.165) is 32.8 Å². The molecule has 1 unspecified atom stereocenters. The molecule has 0 saturated carbocycles. The molecular weight excluding hydrogens is 779 g/mol. The van der Waals surface area contributed by atoms with Gasteiger partial charge in [-0.1, -0.05) is 12.1 Å². The first-order chi connectivity index (χ1) is 28.5. The lowest BCUT2D eigenvalue weighted by Crippen LogP contribution is -2.54. The zero-order valence-electron chi connectivity index (χ0n) is 31.9. The number of aromatic nitrogens is 3. The topological polar surface area (TPSA) is 170 Å². The van der Waals surface area contributed by atoms with Crippen molar-refractivity contribution in [3.63, 3.8) is 0 Å².